The predicted molar refractivity (Wildman–Crippen MR) is 127 cm³/mol. The average molecular weight is 445 g/mol. The van der Waals surface area contributed by atoms with Crippen molar-refractivity contribution >= 4 is 46.1 Å². The highest BCUT2D eigenvalue weighted by Crippen LogP contribution is 2.36. The zero-order valence-corrected chi connectivity index (χ0v) is 19.7. The van der Waals surface area contributed by atoms with Crippen molar-refractivity contribution in [3.05, 3.63) is 31.9 Å². The third kappa shape index (κ3) is 4.06. The van der Waals surface area contributed by atoms with Crippen molar-refractivity contribution in [2.75, 3.05) is 24.5 Å². The minimum Gasteiger partial charge on any atom is -0.357 e. The summed E-state index contributed by atoms with van der Waals surface area (Å²) in [4.78, 5) is 30.4. The van der Waals surface area contributed by atoms with E-state index in [1.165, 1.54) is 11.8 Å². The van der Waals surface area contributed by atoms with E-state index in [1.807, 2.05) is 19.9 Å². The Morgan fingerprint density at radius 2 is 2.07 bits per heavy atom. The fraction of sp³-hybridized carbons (Fsp3) is 0.545. The number of carbonyl (C=O) groups excluding carboxylic acids is 1. The van der Waals surface area contributed by atoms with Crippen LogP contribution in [-0.2, 0) is 11.3 Å². The van der Waals surface area contributed by atoms with E-state index in [9.17, 15) is 14.9 Å². The molecule has 0 spiro atoms. The molecule has 0 bridgehead atoms. The highest BCUT2D eigenvalue weighted by Gasteiger charge is 2.32. The number of nitrogens with zero attached hydrogens (tertiary/aromatic N) is 4. The molecule has 0 aliphatic carbocycles. The number of rotatable bonds is 5. The topological polar surface area (TPSA) is 69.3 Å². The normalized spacial score (nSPS) is 20.9. The van der Waals surface area contributed by atoms with Gasteiger partial charge in [0.2, 0.25) is 0 Å². The zero-order valence-electron chi connectivity index (χ0n) is 18.0. The minimum atomic E-state index is -0.247. The minimum absolute atomic E-state index is 0.114. The van der Waals surface area contributed by atoms with E-state index in [0.717, 1.165) is 43.7 Å². The number of carbonyl (C=O) groups is 1. The van der Waals surface area contributed by atoms with Gasteiger partial charge in [-0.1, -0.05) is 37.8 Å². The van der Waals surface area contributed by atoms with Gasteiger partial charge in [-0.25, -0.2) is 0 Å². The predicted octanol–water partition coefficient (Wildman–Crippen LogP) is 3.90. The lowest BCUT2D eigenvalue weighted by Gasteiger charge is -2.36. The first-order valence-corrected chi connectivity index (χ1v) is 11.7. The van der Waals surface area contributed by atoms with Crippen LogP contribution >= 0.6 is 24.0 Å². The number of aromatic nitrogens is 1. The molecule has 2 aliphatic heterocycles. The summed E-state index contributed by atoms with van der Waals surface area (Å²) in [5, 5.41) is 9.70. The van der Waals surface area contributed by atoms with Crippen LogP contribution in [0.3, 0.4) is 0 Å². The Labute approximate surface area is 187 Å². The van der Waals surface area contributed by atoms with Crippen LogP contribution in [-0.4, -0.2) is 39.3 Å². The smallest absolute Gasteiger partial charge is 0.270 e. The molecule has 0 N–H and O–H groups in total. The van der Waals surface area contributed by atoms with E-state index in [0.29, 0.717) is 33.8 Å². The van der Waals surface area contributed by atoms with Crippen LogP contribution in [0.4, 0.5) is 5.82 Å². The number of hydrogen-bond donors (Lipinski definition) is 0. The van der Waals surface area contributed by atoms with Gasteiger partial charge in [0.25, 0.3) is 11.5 Å². The lowest BCUT2D eigenvalue weighted by molar-refractivity contribution is -0.121. The van der Waals surface area contributed by atoms with Crippen LogP contribution in [0.15, 0.2) is 9.70 Å². The van der Waals surface area contributed by atoms with Crippen molar-refractivity contribution in [1.29, 1.82) is 5.26 Å². The molecule has 3 heterocycles. The van der Waals surface area contributed by atoms with Crippen molar-refractivity contribution in [2.24, 2.45) is 5.92 Å². The first-order chi connectivity index (χ1) is 14.3. The Bertz CT molecular complexity index is 1010. The molecule has 3 rings (SSSR count). The molecule has 1 aromatic rings. The Morgan fingerprint density at radius 3 is 2.63 bits per heavy atom. The molecule has 2 aliphatic rings. The van der Waals surface area contributed by atoms with E-state index in [4.69, 9.17) is 12.2 Å². The first kappa shape index (κ1) is 22.6. The molecule has 2 fully saturated rings. The van der Waals surface area contributed by atoms with Gasteiger partial charge in [-0.05, 0) is 50.7 Å². The summed E-state index contributed by atoms with van der Waals surface area (Å²) in [6, 6.07) is 2.10. The summed E-state index contributed by atoms with van der Waals surface area (Å²) in [7, 11) is 0. The van der Waals surface area contributed by atoms with Crippen molar-refractivity contribution < 1.29 is 4.79 Å². The van der Waals surface area contributed by atoms with Gasteiger partial charge < -0.3 is 4.90 Å². The van der Waals surface area contributed by atoms with E-state index >= 15 is 0 Å². The highest BCUT2D eigenvalue weighted by atomic mass is 32.2. The van der Waals surface area contributed by atoms with E-state index < -0.39 is 0 Å². The molecule has 2 saturated heterocycles. The molecule has 30 heavy (non-hydrogen) atoms. The molecule has 1 aromatic heterocycles. The number of pyridine rings is 1. The maximum absolute atomic E-state index is 13.2. The lowest BCUT2D eigenvalue weighted by Crippen LogP contribution is -2.40. The number of nitriles is 1. The molecule has 8 heteroatoms. The molecule has 1 unspecified atom stereocenters. The monoisotopic (exact) mass is 444 g/mol. The molecular formula is C22H28N4O2S2. The van der Waals surface area contributed by atoms with Gasteiger partial charge in [0.05, 0.1) is 4.91 Å². The second kappa shape index (κ2) is 9.36. The molecule has 1 atom stereocenters. The molecule has 0 radical (unpaired) electrons. The summed E-state index contributed by atoms with van der Waals surface area (Å²) in [5.41, 5.74) is 1.31. The summed E-state index contributed by atoms with van der Waals surface area (Å²) < 4.78 is 2.28. The van der Waals surface area contributed by atoms with Crippen molar-refractivity contribution in [2.45, 2.75) is 53.5 Å². The van der Waals surface area contributed by atoms with Crippen LogP contribution in [0.2, 0.25) is 0 Å². The number of piperidine rings is 1. The lowest BCUT2D eigenvalue weighted by atomic mass is 9.98. The van der Waals surface area contributed by atoms with Gasteiger partial charge in [-0.2, -0.15) is 5.26 Å². The summed E-state index contributed by atoms with van der Waals surface area (Å²) in [5.74, 6) is 1.23. The number of likely N-dealkylation sites (N-methyl/N-ethyl adjacent to an activating group) is 1. The van der Waals surface area contributed by atoms with Crippen molar-refractivity contribution in [3.63, 3.8) is 0 Å². The van der Waals surface area contributed by atoms with Gasteiger partial charge >= 0.3 is 0 Å². The molecule has 1 amide bonds. The fourth-order valence-corrected chi connectivity index (χ4v) is 5.57. The Balaban J connectivity index is 2.27. The standard InChI is InChI=1S/C22H28N4O2S2/c1-5-9-26-19(24-10-7-8-14(3)13-24)16(15(4)17(12-23)20(26)27)11-18-21(28)25(6-2)22(29)30-18/h11,14H,5-10,13H2,1-4H3/b18-11-. The molecule has 160 valence electrons. The van der Waals surface area contributed by atoms with Crippen molar-refractivity contribution in [3.8, 4) is 6.07 Å². The van der Waals surface area contributed by atoms with Crippen LogP contribution in [0.25, 0.3) is 6.08 Å². The largest absolute Gasteiger partial charge is 0.357 e. The Kier molecular flexibility index (Phi) is 7.04. The molecule has 0 saturated carbocycles. The third-order valence-corrected chi connectivity index (χ3v) is 7.09. The number of anilines is 1. The van der Waals surface area contributed by atoms with Crippen LogP contribution in [0, 0.1) is 24.2 Å². The van der Waals surface area contributed by atoms with Gasteiger partial charge in [0.1, 0.15) is 21.8 Å². The molecule has 0 aromatic carbocycles. The first-order valence-electron chi connectivity index (χ1n) is 10.5. The maximum atomic E-state index is 13.2. The Morgan fingerprint density at radius 1 is 1.33 bits per heavy atom. The van der Waals surface area contributed by atoms with Gasteiger partial charge in [-0.15, -0.1) is 0 Å². The SMILES string of the molecule is CCCn1c(N2CCCC(C)C2)c(/C=C2\SC(=S)N(CC)C2=O)c(C)c(C#N)c1=O. The number of amides is 1. The fourth-order valence-electron chi connectivity index (χ4n) is 4.20. The van der Waals surface area contributed by atoms with Crippen LogP contribution in [0.5, 0.6) is 0 Å². The average Bonchev–Trinajstić information content (AvgIpc) is 2.98. The van der Waals surface area contributed by atoms with Gasteiger partial charge in [0.15, 0.2) is 0 Å². The second-order valence-electron chi connectivity index (χ2n) is 7.93. The summed E-state index contributed by atoms with van der Waals surface area (Å²) >= 11 is 6.65. The van der Waals surface area contributed by atoms with Crippen molar-refractivity contribution in [1.82, 2.24) is 9.47 Å². The quantitative estimate of drug-likeness (QED) is 0.507. The Hall–Kier alpha value is -2.11. The van der Waals surface area contributed by atoms with Crippen LogP contribution in [0.1, 0.15) is 56.7 Å². The number of thioether (sulfide) groups is 1. The van der Waals surface area contributed by atoms with E-state index in [1.54, 1.807) is 16.4 Å². The summed E-state index contributed by atoms with van der Waals surface area (Å²) in [6.07, 6.45) is 4.83. The van der Waals surface area contributed by atoms with Gasteiger partial charge in [-0.3, -0.25) is 19.1 Å². The van der Waals surface area contributed by atoms with Crippen LogP contribution < -0.4 is 10.5 Å². The zero-order chi connectivity index (χ0) is 22.0. The highest BCUT2D eigenvalue weighted by molar-refractivity contribution is 8.26. The van der Waals surface area contributed by atoms with E-state index in [2.05, 4.69) is 17.9 Å². The molecular weight excluding hydrogens is 416 g/mol. The third-order valence-electron chi connectivity index (χ3n) is 5.72. The maximum Gasteiger partial charge on any atom is 0.270 e. The van der Waals surface area contributed by atoms with Gasteiger partial charge in [0, 0.05) is 31.7 Å². The molecule has 6 nitrogen and oxygen atoms in total. The summed E-state index contributed by atoms with van der Waals surface area (Å²) in [6.45, 7) is 10.7. The number of thiocarbonyl (C=S) groups is 1. The van der Waals surface area contributed by atoms with E-state index in [-0.39, 0.29) is 17.0 Å². The number of hydrogen-bond acceptors (Lipinski definition) is 6. The second-order valence-corrected chi connectivity index (χ2v) is 9.60.